The van der Waals surface area contributed by atoms with Crippen LogP contribution in [-0.4, -0.2) is 85.4 Å². The number of nitrogens with zero attached hydrogens (tertiary/aromatic N) is 7. The van der Waals surface area contributed by atoms with Gasteiger partial charge in [0.25, 0.3) is 12.3 Å². The van der Waals surface area contributed by atoms with Crippen molar-refractivity contribution >= 4 is 34.9 Å². The number of anilines is 2. The van der Waals surface area contributed by atoms with Crippen molar-refractivity contribution in [1.29, 1.82) is 0 Å². The van der Waals surface area contributed by atoms with Crippen molar-refractivity contribution in [3.63, 3.8) is 0 Å². The molecule has 2 N–H and O–H groups in total. The third-order valence-electron chi connectivity index (χ3n) is 10.1. The largest absolute Gasteiger partial charge is 0.374 e. The molecule has 13 nitrogen and oxygen atoms in total. The lowest BCUT2D eigenvalue weighted by Crippen LogP contribution is -2.39. The van der Waals surface area contributed by atoms with E-state index in [1.807, 2.05) is 6.07 Å². The fourth-order valence-electron chi connectivity index (χ4n) is 7.40. The van der Waals surface area contributed by atoms with Crippen molar-refractivity contribution in [2.45, 2.75) is 69.2 Å². The molecule has 4 aliphatic heterocycles. The molecule has 3 atom stereocenters. The van der Waals surface area contributed by atoms with Crippen LogP contribution in [-0.2, 0) is 20.9 Å². The van der Waals surface area contributed by atoms with Crippen LogP contribution in [0.5, 0.6) is 0 Å². The first-order valence-electron chi connectivity index (χ1n) is 16.5. The van der Waals surface area contributed by atoms with Gasteiger partial charge in [-0.15, -0.1) is 0 Å². The number of fused-ring (bicyclic) bond motifs is 3. The van der Waals surface area contributed by atoms with Crippen molar-refractivity contribution in [3.05, 3.63) is 71.1 Å². The molecule has 0 aliphatic carbocycles. The number of morpholine rings is 1. The Kier molecular flexibility index (Phi) is 8.06. The first-order chi connectivity index (χ1) is 23.7. The second-order valence-corrected chi connectivity index (χ2v) is 13.1. The average molecular weight is 678 g/mol. The highest BCUT2D eigenvalue weighted by Gasteiger charge is 2.40. The third kappa shape index (κ3) is 6.03. The molecule has 0 spiro atoms. The zero-order valence-electron chi connectivity index (χ0n) is 26.4. The molecule has 16 heteroatoms. The SMILES string of the molecule is O=C1CCC(c2ccc(CN3CCC(n4cc(NC(=O)c5cnn6ccc(N7C[C@H]8C[C@@H]7CO8)nc56)c(C(F)F)n4)CC3)c(F)c2)C(=O)N1. The Morgan fingerprint density at radius 2 is 1.96 bits per heavy atom. The normalized spacial score (nSPS) is 23.2. The molecule has 0 saturated carbocycles. The second kappa shape index (κ2) is 12.6. The van der Waals surface area contributed by atoms with Gasteiger partial charge in [-0.25, -0.2) is 22.7 Å². The van der Waals surface area contributed by atoms with E-state index in [0.29, 0.717) is 68.1 Å². The van der Waals surface area contributed by atoms with Crippen LogP contribution in [0.1, 0.15) is 77.7 Å². The van der Waals surface area contributed by atoms with E-state index < -0.39 is 35.7 Å². The quantitative estimate of drug-likeness (QED) is 0.268. The van der Waals surface area contributed by atoms with E-state index in [0.717, 1.165) is 13.0 Å². The van der Waals surface area contributed by atoms with Crippen molar-refractivity contribution in [3.8, 4) is 0 Å². The predicted molar refractivity (Wildman–Crippen MR) is 169 cm³/mol. The van der Waals surface area contributed by atoms with Gasteiger partial charge in [-0.2, -0.15) is 10.2 Å². The fourth-order valence-corrected chi connectivity index (χ4v) is 7.40. The molecule has 4 aromatic rings. The molecule has 49 heavy (non-hydrogen) atoms. The van der Waals surface area contributed by atoms with Crippen LogP contribution in [0, 0.1) is 5.82 Å². The minimum atomic E-state index is -2.91. The van der Waals surface area contributed by atoms with Crippen molar-refractivity contribution in [1.82, 2.24) is 34.6 Å². The number of ether oxygens (including phenoxy) is 1. The molecule has 256 valence electrons. The maximum atomic E-state index is 15.1. The number of hydrogen-bond donors (Lipinski definition) is 2. The first-order valence-corrected chi connectivity index (χ1v) is 16.5. The molecule has 4 saturated heterocycles. The Morgan fingerprint density at radius 3 is 2.67 bits per heavy atom. The number of nitrogens with one attached hydrogen (secondary N) is 2. The Bertz CT molecular complexity index is 1940. The zero-order valence-corrected chi connectivity index (χ0v) is 26.4. The molecular weight excluding hydrogens is 643 g/mol. The maximum Gasteiger partial charge on any atom is 0.284 e. The van der Waals surface area contributed by atoms with Crippen LogP contribution < -0.4 is 15.5 Å². The summed E-state index contributed by atoms with van der Waals surface area (Å²) in [5.41, 5.74) is 0.889. The van der Waals surface area contributed by atoms with E-state index in [2.05, 4.69) is 30.6 Å². The van der Waals surface area contributed by atoms with Crippen molar-refractivity contribution in [2.75, 3.05) is 36.5 Å². The van der Waals surface area contributed by atoms with Crippen LogP contribution in [0.25, 0.3) is 5.65 Å². The summed E-state index contributed by atoms with van der Waals surface area (Å²) >= 11 is 0. The Labute approximate surface area is 278 Å². The van der Waals surface area contributed by atoms with Crippen LogP contribution in [0.4, 0.5) is 24.7 Å². The van der Waals surface area contributed by atoms with Crippen LogP contribution in [0.15, 0.2) is 42.9 Å². The number of aromatic nitrogens is 5. The standard InChI is InChI=1S/C33H34F3N9O4/c34-25-11-18(23-3-4-28(46)40-32(23)47)1-2-19(25)14-42-8-5-20(6-9-42)45-16-26(29(41-45)30(35)36)38-33(48)24-13-37-44-10-7-27(39-31(24)44)43-15-22-12-21(43)17-49-22/h1-2,7,10-11,13,16,20-23,30H,3-6,8-9,12,14-15,17H2,(H,38,48)(H,40,46,47)/t21-,22-,23?/m1/s1. The summed E-state index contributed by atoms with van der Waals surface area (Å²) in [5.74, 6) is -1.63. The highest BCUT2D eigenvalue weighted by Crippen LogP contribution is 2.34. The fraction of sp³-hybridized carbons (Fsp3) is 0.455. The summed E-state index contributed by atoms with van der Waals surface area (Å²) in [6.07, 6.45) is 4.44. The number of amides is 3. The number of carbonyl (C=O) groups excluding carboxylic acids is 3. The van der Waals surface area contributed by atoms with Gasteiger partial charge in [0.1, 0.15) is 17.2 Å². The number of alkyl halides is 2. The summed E-state index contributed by atoms with van der Waals surface area (Å²) in [7, 11) is 0. The van der Waals surface area contributed by atoms with E-state index in [1.165, 1.54) is 27.7 Å². The Hall–Kier alpha value is -4.83. The number of piperidine rings is 2. The van der Waals surface area contributed by atoms with Crippen LogP contribution in [0.2, 0.25) is 0 Å². The number of imide groups is 1. The third-order valence-corrected chi connectivity index (χ3v) is 10.1. The van der Waals surface area contributed by atoms with Crippen LogP contribution >= 0.6 is 0 Å². The number of hydrogen-bond acceptors (Lipinski definition) is 9. The van der Waals surface area contributed by atoms with E-state index in [-0.39, 0.29) is 41.8 Å². The van der Waals surface area contributed by atoms with Crippen LogP contribution in [0.3, 0.4) is 0 Å². The molecule has 2 bridgehead atoms. The maximum absolute atomic E-state index is 15.1. The minimum Gasteiger partial charge on any atom is -0.374 e. The van der Waals surface area contributed by atoms with Gasteiger partial charge in [0.2, 0.25) is 11.8 Å². The lowest BCUT2D eigenvalue weighted by Gasteiger charge is -2.32. The van der Waals surface area contributed by atoms with Gasteiger partial charge in [-0.1, -0.05) is 12.1 Å². The van der Waals surface area contributed by atoms with Gasteiger partial charge in [0, 0.05) is 50.6 Å². The van der Waals surface area contributed by atoms with Gasteiger partial charge in [-0.05, 0) is 43.4 Å². The van der Waals surface area contributed by atoms with E-state index >= 15 is 4.39 Å². The van der Waals surface area contributed by atoms with E-state index in [1.54, 1.807) is 18.3 Å². The van der Waals surface area contributed by atoms with E-state index in [4.69, 9.17) is 9.72 Å². The number of benzene rings is 1. The molecule has 1 aromatic carbocycles. The second-order valence-electron chi connectivity index (χ2n) is 13.1. The molecule has 8 rings (SSSR count). The predicted octanol–water partition coefficient (Wildman–Crippen LogP) is 3.59. The number of carbonyl (C=O) groups is 3. The molecular formula is C33H34F3N9O4. The van der Waals surface area contributed by atoms with Gasteiger partial charge >= 0.3 is 0 Å². The summed E-state index contributed by atoms with van der Waals surface area (Å²) in [6, 6.07) is 6.63. The summed E-state index contributed by atoms with van der Waals surface area (Å²) < 4.78 is 52.0. The smallest absolute Gasteiger partial charge is 0.284 e. The summed E-state index contributed by atoms with van der Waals surface area (Å²) in [4.78, 5) is 46.0. The number of likely N-dealkylation sites (tertiary alicyclic amines) is 1. The lowest BCUT2D eigenvalue weighted by atomic mass is 9.90. The Morgan fingerprint density at radius 1 is 1.12 bits per heavy atom. The minimum absolute atomic E-state index is 0.0786. The lowest BCUT2D eigenvalue weighted by molar-refractivity contribution is -0.134. The highest BCUT2D eigenvalue weighted by molar-refractivity contribution is 6.08. The molecule has 0 radical (unpaired) electrons. The van der Waals surface area contributed by atoms with Gasteiger partial charge < -0.3 is 15.0 Å². The zero-order chi connectivity index (χ0) is 33.8. The van der Waals surface area contributed by atoms with Gasteiger partial charge in [0.15, 0.2) is 11.3 Å². The topological polar surface area (TPSA) is 139 Å². The van der Waals surface area contributed by atoms with E-state index in [9.17, 15) is 23.2 Å². The summed E-state index contributed by atoms with van der Waals surface area (Å²) in [6.45, 7) is 2.84. The molecule has 4 fully saturated rings. The van der Waals surface area contributed by atoms with Crippen molar-refractivity contribution in [2.24, 2.45) is 0 Å². The number of halogens is 3. The monoisotopic (exact) mass is 677 g/mol. The summed E-state index contributed by atoms with van der Waals surface area (Å²) in [5, 5.41) is 13.3. The molecule has 1 unspecified atom stereocenters. The average Bonchev–Trinajstić information content (AvgIpc) is 3.90. The molecule has 4 aliphatic rings. The van der Waals surface area contributed by atoms with Gasteiger partial charge in [0.05, 0.1) is 42.6 Å². The van der Waals surface area contributed by atoms with Crippen molar-refractivity contribution < 1.29 is 32.3 Å². The first kappa shape index (κ1) is 31.4. The Balaban J connectivity index is 0.919. The van der Waals surface area contributed by atoms with Gasteiger partial charge in [-0.3, -0.25) is 29.3 Å². The molecule has 7 heterocycles. The highest BCUT2D eigenvalue weighted by atomic mass is 19.3. The number of rotatable bonds is 8. The molecule has 3 aromatic heterocycles. The molecule has 3 amide bonds.